The van der Waals surface area contributed by atoms with E-state index in [-0.39, 0.29) is 0 Å². The molecule has 0 aromatic carbocycles. The molecule has 0 saturated carbocycles. The van der Waals surface area contributed by atoms with Crippen molar-refractivity contribution in [3.63, 3.8) is 0 Å². The van der Waals surface area contributed by atoms with Crippen LogP contribution in [0.2, 0.25) is 0 Å². The number of hydrogen-bond donors (Lipinski definition) is 1. The minimum absolute atomic E-state index is 0.697. The third-order valence-corrected chi connectivity index (χ3v) is 0.195. The second kappa shape index (κ2) is 2.34. The van der Waals surface area contributed by atoms with Gasteiger partial charge >= 0.3 is 0 Å². The molecule has 0 unspecified atom stereocenters. The predicted octanol–water partition coefficient (Wildman–Crippen LogP) is -1.40. The van der Waals surface area contributed by atoms with E-state index >= 15 is 0 Å². The van der Waals surface area contributed by atoms with Crippen LogP contribution in [0.15, 0.2) is 0 Å². The Hall–Kier alpha value is -0.905. The third-order valence-electron chi connectivity index (χ3n) is 0.195. The molecule has 2 N–H and O–H groups in total. The molecule has 0 aliphatic carbocycles. The lowest BCUT2D eigenvalue weighted by atomic mass is 10.2. The van der Waals surface area contributed by atoms with Crippen molar-refractivity contribution in [1.29, 1.82) is 0 Å². The summed E-state index contributed by atoms with van der Waals surface area (Å²) in [5, 5.41) is 0. The van der Waals surface area contributed by atoms with Crippen LogP contribution in [-0.2, 0) is 4.79 Å². The van der Waals surface area contributed by atoms with E-state index in [4.69, 9.17) is 0 Å². The van der Waals surface area contributed by atoms with Crippen LogP contribution in [0.4, 0.5) is 0 Å². The third kappa shape index (κ3) is 3.09. The molecule has 2 nitrogen and oxygen atoms in total. The smallest absolute Gasteiger partial charge is 0.292 e. The molecule has 0 aromatic heterocycles. The van der Waals surface area contributed by atoms with E-state index in [9.17, 15) is 4.79 Å². The zero-order valence-corrected chi connectivity index (χ0v) is 3.06. The van der Waals surface area contributed by atoms with Crippen LogP contribution in [0.3, 0.4) is 0 Å². The highest BCUT2D eigenvalue weighted by Gasteiger charge is 1.71. The molecule has 0 heterocycles. The van der Waals surface area contributed by atoms with Crippen molar-refractivity contribution >= 4 is 13.8 Å². The zero-order chi connectivity index (χ0) is 4.99. The normalized spacial score (nSPS) is 5.33. The van der Waals surface area contributed by atoms with Gasteiger partial charge in [-0.05, 0) is 5.92 Å². The minimum Gasteiger partial charge on any atom is -0.359 e. The molecule has 2 radical (unpaired) electrons. The largest absolute Gasteiger partial charge is 0.359 e. The Morgan fingerprint density at radius 1 is 1.83 bits per heavy atom. The molecular formula is C3H2BNO. The maximum absolute atomic E-state index is 9.57. The van der Waals surface area contributed by atoms with E-state index in [1.54, 1.807) is 0 Å². The van der Waals surface area contributed by atoms with Gasteiger partial charge in [-0.25, -0.2) is 0 Å². The van der Waals surface area contributed by atoms with Crippen molar-refractivity contribution < 1.29 is 4.79 Å². The summed E-state index contributed by atoms with van der Waals surface area (Å²) in [7, 11) is 4.57. The van der Waals surface area contributed by atoms with E-state index in [2.05, 4.69) is 13.6 Å². The highest BCUT2D eigenvalue weighted by atomic mass is 16.1. The van der Waals surface area contributed by atoms with Crippen LogP contribution in [0.5, 0.6) is 0 Å². The van der Waals surface area contributed by atoms with E-state index in [0.717, 1.165) is 0 Å². The monoisotopic (exact) mass is 79.0 g/mol. The average Bonchev–Trinajstić information content (AvgIpc) is 1.35. The van der Waals surface area contributed by atoms with Gasteiger partial charge in [-0.15, -0.1) is 0 Å². The predicted molar refractivity (Wildman–Crippen MR) is 22.7 cm³/mol. The summed E-state index contributed by atoms with van der Waals surface area (Å²) in [6, 6.07) is 0. The maximum atomic E-state index is 9.57. The zero-order valence-electron chi connectivity index (χ0n) is 3.06. The number of amides is 1. The van der Waals surface area contributed by atoms with Crippen molar-refractivity contribution in [2.45, 2.75) is 0 Å². The fraction of sp³-hybridized carbons (Fsp3) is 0. The van der Waals surface area contributed by atoms with Gasteiger partial charge in [0.25, 0.3) is 5.91 Å². The van der Waals surface area contributed by atoms with Crippen molar-refractivity contribution in [1.82, 2.24) is 0 Å². The lowest BCUT2D eigenvalue weighted by Gasteiger charge is -1.64. The molecule has 0 fully saturated rings. The van der Waals surface area contributed by atoms with Crippen LogP contribution >= 0.6 is 0 Å². The molecule has 1 amide bonds. The maximum Gasteiger partial charge on any atom is 0.292 e. The molecule has 28 valence electrons. The molecular weight excluding hydrogens is 76.9 g/mol. The molecule has 0 spiro atoms. The van der Waals surface area contributed by atoms with Gasteiger partial charge in [-0.2, -0.15) is 5.82 Å². The van der Waals surface area contributed by atoms with Crippen LogP contribution in [0.1, 0.15) is 0 Å². The average molecular weight is 78.9 g/mol. The highest BCUT2D eigenvalue weighted by Crippen LogP contribution is 1.42. The molecule has 3 heteroatoms. The number of rotatable bonds is 0. The van der Waals surface area contributed by atoms with Gasteiger partial charge < -0.3 is 5.73 Å². The van der Waals surface area contributed by atoms with Crippen LogP contribution in [-0.4, -0.2) is 13.8 Å². The van der Waals surface area contributed by atoms with Gasteiger partial charge in [0.05, 0.1) is 0 Å². The Balaban J connectivity index is 3.50. The first-order valence-corrected chi connectivity index (χ1v) is 1.28. The number of primary amides is 1. The number of carbonyl (C=O) groups is 1. The summed E-state index contributed by atoms with van der Waals surface area (Å²) >= 11 is 0. The van der Waals surface area contributed by atoms with E-state index < -0.39 is 5.91 Å². The second-order valence-corrected chi connectivity index (χ2v) is 0.634. The summed E-state index contributed by atoms with van der Waals surface area (Å²) in [6.45, 7) is 0. The van der Waals surface area contributed by atoms with E-state index in [1.807, 2.05) is 11.7 Å². The molecule has 0 rings (SSSR count). The van der Waals surface area contributed by atoms with Crippen LogP contribution in [0.25, 0.3) is 0 Å². The van der Waals surface area contributed by atoms with Crippen molar-refractivity contribution in [2.75, 3.05) is 0 Å². The lowest BCUT2D eigenvalue weighted by molar-refractivity contribution is -0.112. The van der Waals surface area contributed by atoms with Gasteiger partial charge in [0.1, 0.15) is 0 Å². The summed E-state index contributed by atoms with van der Waals surface area (Å²) < 4.78 is 0. The topological polar surface area (TPSA) is 43.1 Å². The lowest BCUT2D eigenvalue weighted by Crippen LogP contribution is -2.05. The summed E-state index contributed by atoms with van der Waals surface area (Å²) in [5.41, 5.74) is 4.51. The van der Waals surface area contributed by atoms with Gasteiger partial charge in [0, 0.05) is 0 Å². The standard InChI is InChI=1S/C3H2BNO/c4-2-1-3(5)6/h(H2,5,6). The summed E-state index contributed by atoms with van der Waals surface area (Å²) in [6.07, 6.45) is 0. The Morgan fingerprint density at radius 3 is 2.33 bits per heavy atom. The second-order valence-electron chi connectivity index (χ2n) is 0.634. The molecule has 0 bridgehead atoms. The van der Waals surface area contributed by atoms with Crippen molar-refractivity contribution in [3.8, 4) is 11.7 Å². The Kier molecular flexibility index (Phi) is 1.99. The fourth-order valence-corrected chi connectivity index (χ4v) is 0.0711. The Labute approximate surface area is 37.1 Å². The Bertz CT molecular complexity index is 110. The minimum atomic E-state index is -0.697. The number of carbonyl (C=O) groups excluding carboxylic acids is 1. The SMILES string of the molecule is [B]C#CC(N)=O. The first kappa shape index (κ1) is 5.09. The Morgan fingerprint density at radius 2 is 2.33 bits per heavy atom. The fourth-order valence-electron chi connectivity index (χ4n) is 0.0711. The van der Waals surface area contributed by atoms with Gasteiger partial charge in [-0.3, -0.25) is 4.79 Å². The molecule has 0 aliphatic heterocycles. The summed E-state index contributed by atoms with van der Waals surface area (Å²) in [4.78, 5) is 9.57. The van der Waals surface area contributed by atoms with Crippen LogP contribution < -0.4 is 5.73 Å². The van der Waals surface area contributed by atoms with Crippen molar-refractivity contribution in [2.24, 2.45) is 5.73 Å². The van der Waals surface area contributed by atoms with Gasteiger partial charge in [0.2, 0.25) is 0 Å². The summed E-state index contributed by atoms with van der Waals surface area (Å²) in [5.74, 6) is 3.02. The van der Waals surface area contributed by atoms with Crippen LogP contribution in [0, 0.1) is 11.7 Å². The quantitative estimate of drug-likeness (QED) is 0.281. The van der Waals surface area contributed by atoms with Crippen molar-refractivity contribution in [3.05, 3.63) is 0 Å². The first-order chi connectivity index (χ1) is 2.77. The first-order valence-electron chi connectivity index (χ1n) is 1.28. The molecule has 0 saturated heterocycles. The molecule has 6 heavy (non-hydrogen) atoms. The van der Waals surface area contributed by atoms with Gasteiger partial charge in [0.15, 0.2) is 7.85 Å². The van der Waals surface area contributed by atoms with E-state index in [1.165, 1.54) is 0 Å². The van der Waals surface area contributed by atoms with E-state index in [0.29, 0.717) is 0 Å². The number of hydrogen-bond acceptors (Lipinski definition) is 1. The van der Waals surface area contributed by atoms with Gasteiger partial charge in [-0.1, -0.05) is 0 Å². The number of nitrogens with two attached hydrogens (primary N) is 1. The highest BCUT2D eigenvalue weighted by molar-refractivity contribution is 6.24. The molecule has 0 atom stereocenters. The molecule has 0 aromatic rings. The molecule has 0 aliphatic rings.